The van der Waals surface area contributed by atoms with Gasteiger partial charge < -0.3 is 0 Å². The quantitative estimate of drug-likeness (QED) is 0.561. The van der Waals surface area contributed by atoms with E-state index in [1.165, 1.54) is 25.0 Å². The minimum atomic E-state index is -0.259. The highest BCUT2D eigenvalue weighted by Crippen LogP contribution is 2.29. The second-order valence-electron chi connectivity index (χ2n) is 7.41. The number of benzene rings is 2. The molecule has 0 saturated carbocycles. The zero-order chi connectivity index (χ0) is 19.1. The van der Waals surface area contributed by atoms with Crippen LogP contribution in [-0.2, 0) is 6.54 Å². The van der Waals surface area contributed by atoms with Gasteiger partial charge in [-0.15, -0.1) is 0 Å². The summed E-state index contributed by atoms with van der Waals surface area (Å²) in [6.45, 7) is 4.16. The van der Waals surface area contributed by atoms with Crippen molar-refractivity contribution in [1.82, 2.24) is 30.3 Å². The van der Waals surface area contributed by atoms with Crippen LogP contribution in [0, 0.1) is 5.82 Å². The monoisotopic (exact) mass is 376 g/mol. The van der Waals surface area contributed by atoms with Crippen molar-refractivity contribution < 1.29 is 4.39 Å². The number of hydrogen-bond acceptors (Lipinski definition) is 4. The van der Waals surface area contributed by atoms with Crippen LogP contribution in [0.3, 0.4) is 0 Å². The van der Waals surface area contributed by atoms with Gasteiger partial charge in [0.15, 0.2) is 5.82 Å². The molecule has 28 heavy (non-hydrogen) atoms. The second-order valence-corrected chi connectivity index (χ2v) is 7.41. The topological polar surface area (TPSA) is 73.5 Å². The molecule has 0 bridgehead atoms. The van der Waals surface area contributed by atoms with Gasteiger partial charge in [-0.1, -0.05) is 0 Å². The Morgan fingerprint density at radius 1 is 1.07 bits per heavy atom. The van der Waals surface area contributed by atoms with Crippen molar-refractivity contribution in [2.24, 2.45) is 0 Å². The molecule has 6 nitrogen and oxygen atoms in total. The summed E-state index contributed by atoms with van der Waals surface area (Å²) in [5.74, 6) is 1.30. The van der Waals surface area contributed by atoms with E-state index >= 15 is 0 Å². The SMILES string of the molecule is CC1CCCN1Cc1nc(-c2ccc3[nH]nc(-c4ccc(F)cc4)c3c2)n[nH]1. The zero-order valence-corrected chi connectivity index (χ0v) is 15.6. The Morgan fingerprint density at radius 2 is 1.89 bits per heavy atom. The molecule has 3 heterocycles. The van der Waals surface area contributed by atoms with Crippen molar-refractivity contribution in [3.8, 4) is 22.6 Å². The summed E-state index contributed by atoms with van der Waals surface area (Å²) in [6, 6.07) is 12.9. The summed E-state index contributed by atoms with van der Waals surface area (Å²) >= 11 is 0. The van der Waals surface area contributed by atoms with Crippen LogP contribution in [0.1, 0.15) is 25.6 Å². The predicted molar refractivity (Wildman–Crippen MR) is 106 cm³/mol. The molecule has 5 rings (SSSR count). The van der Waals surface area contributed by atoms with E-state index in [4.69, 9.17) is 4.98 Å². The smallest absolute Gasteiger partial charge is 0.181 e. The van der Waals surface area contributed by atoms with Crippen molar-refractivity contribution in [3.05, 3.63) is 54.1 Å². The van der Waals surface area contributed by atoms with E-state index in [0.29, 0.717) is 11.9 Å². The fourth-order valence-electron chi connectivity index (χ4n) is 3.90. The summed E-state index contributed by atoms with van der Waals surface area (Å²) in [5.41, 5.74) is 3.50. The first-order valence-corrected chi connectivity index (χ1v) is 9.57. The first-order valence-electron chi connectivity index (χ1n) is 9.57. The number of likely N-dealkylation sites (tertiary alicyclic amines) is 1. The van der Waals surface area contributed by atoms with Crippen LogP contribution in [0.5, 0.6) is 0 Å². The highest BCUT2D eigenvalue weighted by molar-refractivity contribution is 5.95. The zero-order valence-electron chi connectivity index (χ0n) is 15.6. The molecule has 4 aromatic rings. The lowest BCUT2D eigenvalue weighted by Crippen LogP contribution is -2.26. The standard InChI is InChI=1S/C21H21FN6/c1-13-3-2-10-28(13)12-19-23-21(27-25-19)15-6-9-18-17(11-15)20(26-24-18)14-4-7-16(22)8-5-14/h4-9,11,13H,2-3,10,12H2,1H3,(H,24,26)(H,23,25,27). The molecule has 1 aliphatic heterocycles. The molecule has 1 unspecified atom stereocenters. The Morgan fingerprint density at radius 3 is 2.68 bits per heavy atom. The fraction of sp³-hybridized carbons (Fsp3) is 0.286. The van der Waals surface area contributed by atoms with E-state index in [1.54, 1.807) is 12.1 Å². The van der Waals surface area contributed by atoms with E-state index in [2.05, 4.69) is 32.2 Å². The average Bonchev–Trinajstić information content (AvgIpc) is 3.43. The third kappa shape index (κ3) is 3.07. The van der Waals surface area contributed by atoms with Gasteiger partial charge in [0, 0.05) is 22.6 Å². The van der Waals surface area contributed by atoms with E-state index in [1.807, 2.05) is 18.2 Å². The van der Waals surface area contributed by atoms with Crippen molar-refractivity contribution >= 4 is 10.9 Å². The van der Waals surface area contributed by atoms with Crippen molar-refractivity contribution in [2.75, 3.05) is 6.54 Å². The van der Waals surface area contributed by atoms with Gasteiger partial charge in [-0.2, -0.15) is 10.2 Å². The average molecular weight is 376 g/mol. The number of nitrogens with one attached hydrogen (secondary N) is 2. The van der Waals surface area contributed by atoms with Crippen LogP contribution in [0.15, 0.2) is 42.5 Å². The molecule has 0 spiro atoms. The lowest BCUT2D eigenvalue weighted by atomic mass is 10.1. The molecular formula is C21H21FN6. The molecule has 7 heteroatoms. The van der Waals surface area contributed by atoms with Gasteiger partial charge >= 0.3 is 0 Å². The van der Waals surface area contributed by atoms with Crippen LogP contribution >= 0.6 is 0 Å². The maximum absolute atomic E-state index is 13.2. The number of fused-ring (bicyclic) bond motifs is 1. The highest BCUT2D eigenvalue weighted by Gasteiger charge is 2.21. The normalized spacial score (nSPS) is 17.6. The van der Waals surface area contributed by atoms with E-state index < -0.39 is 0 Å². The Balaban J connectivity index is 1.46. The van der Waals surface area contributed by atoms with Crippen LogP contribution in [0.25, 0.3) is 33.5 Å². The Labute approximate surface area is 161 Å². The number of rotatable bonds is 4. The third-order valence-electron chi connectivity index (χ3n) is 5.51. The fourth-order valence-corrected chi connectivity index (χ4v) is 3.90. The van der Waals surface area contributed by atoms with Crippen LogP contribution in [0.4, 0.5) is 4.39 Å². The van der Waals surface area contributed by atoms with Gasteiger partial charge in [-0.05, 0) is 68.8 Å². The third-order valence-corrected chi connectivity index (χ3v) is 5.51. The van der Waals surface area contributed by atoms with Gasteiger partial charge in [0.25, 0.3) is 0 Å². The molecule has 0 amide bonds. The molecule has 1 atom stereocenters. The van der Waals surface area contributed by atoms with Crippen LogP contribution < -0.4 is 0 Å². The molecule has 142 valence electrons. The van der Waals surface area contributed by atoms with Crippen LogP contribution in [0.2, 0.25) is 0 Å². The molecule has 0 aliphatic carbocycles. The summed E-state index contributed by atoms with van der Waals surface area (Å²) in [6.07, 6.45) is 2.48. The molecule has 1 aliphatic rings. The first-order chi connectivity index (χ1) is 13.7. The molecule has 1 saturated heterocycles. The van der Waals surface area contributed by atoms with Crippen molar-refractivity contribution in [1.29, 1.82) is 0 Å². The van der Waals surface area contributed by atoms with E-state index in [-0.39, 0.29) is 5.82 Å². The predicted octanol–water partition coefficient (Wildman–Crippen LogP) is 4.14. The minimum Gasteiger partial charge on any atom is -0.293 e. The second kappa shape index (κ2) is 6.83. The molecule has 1 fully saturated rings. The number of aromatic amines is 2. The first kappa shape index (κ1) is 17.1. The lowest BCUT2D eigenvalue weighted by molar-refractivity contribution is 0.254. The van der Waals surface area contributed by atoms with Crippen molar-refractivity contribution in [3.63, 3.8) is 0 Å². The molecular weight excluding hydrogens is 355 g/mol. The number of halogens is 1. The summed E-state index contributed by atoms with van der Waals surface area (Å²) in [5, 5.41) is 15.9. The summed E-state index contributed by atoms with van der Waals surface area (Å²) in [7, 11) is 0. The van der Waals surface area contributed by atoms with Gasteiger partial charge in [-0.25, -0.2) is 9.37 Å². The molecule has 0 radical (unpaired) electrons. The van der Waals surface area contributed by atoms with Gasteiger partial charge in [-0.3, -0.25) is 15.1 Å². The van der Waals surface area contributed by atoms with Gasteiger partial charge in [0.2, 0.25) is 0 Å². The summed E-state index contributed by atoms with van der Waals surface area (Å²) in [4.78, 5) is 7.12. The molecule has 2 N–H and O–H groups in total. The van der Waals surface area contributed by atoms with E-state index in [0.717, 1.165) is 46.6 Å². The molecule has 2 aromatic heterocycles. The maximum atomic E-state index is 13.2. The highest BCUT2D eigenvalue weighted by atomic mass is 19.1. The number of aromatic nitrogens is 5. The van der Waals surface area contributed by atoms with Gasteiger partial charge in [0.05, 0.1) is 17.8 Å². The number of nitrogens with zero attached hydrogens (tertiary/aromatic N) is 4. The Bertz CT molecular complexity index is 1110. The van der Waals surface area contributed by atoms with Crippen molar-refractivity contribution in [2.45, 2.75) is 32.4 Å². The number of hydrogen-bond donors (Lipinski definition) is 2. The van der Waals surface area contributed by atoms with Crippen LogP contribution in [-0.4, -0.2) is 42.9 Å². The number of H-pyrrole nitrogens is 2. The Hall–Kier alpha value is -3.06. The van der Waals surface area contributed by atoms with E-state index in [9.17, 15) is 4.39 Å². The Kier molecular flexibility index (Phi) is 4.16. The summed E-state index contributed by atoms with van der Waals surface area (Å²) < 4.78 is 13.2. The lowest BCUT2D eigenvalue weighted by Gasteiger charge is -2.18. The minimum absolute atomic E-state index is 0.259. The largest absolute Gasteiger partial charge is 0.293 e. The van der Waals surface area contributed by atoms with Gasteiger partial charge in [0.1, 0.15) is 11.6 Å². The maximum Gasteiger partial charge on any atom is 0.181 e. The molecule has 2 aromatic carbocycles.